The van der Waals surface area contributed by atoms with Gasteiger partial charge in [-0.3, -0.25) is 4.79 Å². The number of aryl methyl sites for hydroxylation is 1. The van der Waals surface area contributed by atoms with Crippen molar-refractivity contribution in [1.29, 1.82) is 5.26 Å². The first kappa shape index (κ1) is 19.5. The zero-order chi connectivity index (χ0) is 18.8. The summed E-state index contributed by atoms with van der Waals surface area (Å²) in [5, 5.41) is 15.1. The van der Waals surface area contributed by atoms with Crippen molar-refractivity contribution in [1.82, 2.24) is 5.32 Å². The molecule has 0 radical (unpaired) electrons. The highest BCUT2D eigenvalue weighted by Gasteiger charge is 2.11. The van der Waals surface area contributed by atoms with Crippen LogP contribution in [0.3, 0.4) is 0 Å². The molecule has 1 heterocycles. The van der Waals surface area contributed by atoms with E-state index in [-0.39, 0.29) is 18.9 Å². The van der Waals surface area contributed by atoms with Crippen LogP contribution in [-0.4, -0.2) is 18.5 Å². The summed E-state index contributed by atoms with van der Waals surface area (Å²) in [5.41, 5.74) is 1.40. The van der Waals surface area contributed by atoms with Crippen molar-refractivity contribution in [2.45, 2.75) is 32.8 Å². The summed E-state index contributed by atoms with van der Waals surface area (Å²) < 4.78 is 5.09. The average molecular weight is 371 g/mol. The van der Waals surface area contributed by atoms with E-state index in [2.05, 4.69) is 16.7 Å². The van der Waals surface area contributed by atoms with Gasteiger partial charge < -0.3 is 15.4 Å². The Kier molecular flexibility index (Phi) is 7.65. The van der Waals surface area contributed by atoms with Crippen molar-refractivity contribution in [2.75, 3.05) is 11.9 Å². The quantitative estimate of drug-likeness (QED) is 0.690. The Hall–Kier alpha value is -2.85. The van der Waals surface area contributed by atoms with E-state index in [9.17, 15) is 9.59 Å². The molecule has 0 atom stereocenters. The van der Waals surface area contributed by atoms with Gasteiger partial charge in [-0.2, -0.15) is 5.26 Å². The summed E-state index contributed by atoms with van der Waals surface area (Å²) in [5.74, 6) is -0.176. The van der Waals surface area contributed by atoms with Crippen LogP contribution in [0.5, 0.6) is 0 Å². The van der Waals surface area contributed by atoms with E-state index < -0.39 is 6.09 Å². The summed E-state index contributed by atoms with van der Waals surface area (Å²) in [7, 11) is 0. The lowest BCUT2D eigenvalue weighted by atomic mass is 10.2. The van der Waals surface area contributed by atoms with Crippen LogP contribution in [-0.2, 0) is 22.6 Å². The Bertz CT molecular complexity index is 781. The van der Waals surface area contributed by atoms with Crippen LogP contribution in [0.1, 0.15) is 35.8 Å². The molecule has 2 rings (SSSR count). The summed E-state index contributed by atoms with van der Waals surface area (Å²) in [6.07, 6.45) is 1.06. The van der Waals surface area contributed by atoms with Crippen molar-refractivity contribution in [3.05, 3.63) is 52.4 Å². The van der Waals surface area contributed by atoms with Gasteiger partial charge in [-0.1, -0.05) is 37.3 Å². The minimum Gasteiger partial charge on any atom is -0.445 e. The van der Waals surface area contributed by atoms with Gasteiger partial charge in [0.25, 0.3) is 0 Å². The van der Waals surface area contributed by atoms with Gasteiger partial charge in [-0.05, 0) is 24.5 Å². The summed E-state index contributed by atoms with van der Waals surface area (Å²) in [4.78, 5) is 24.6. The molecule has 1 aromatic carbocycles. The molecule has 0 fully saturated rings. The second kappa shape index (κ2) is 10.2. The molecule has 0 saturated heterocycles. The second-order valence-corrected chi connectivity index (χ2v) is 6.70. The van der Waals surface area contributed by atoms with Gasteiger partial charge in [0, 0.05) is 17.8 Å². The van der Waals surface area contributed by atoms with Crippen LogP contribution >= 0.6 is 11.3 Å². The molecular formula is C19H21N3O3S. The number of carbonyl (C=O) groups is 2. The van der Waals surface area contributed by atoms with Crippen LogP contribution in [0.25, 0.3) is 0 Å². The summed E-state index contributed by atoms with van der Waals surface area (Å²) >= 11 is 1.42. The predicted octanol–water partition coefficient (Wildman–Crippen LogP) is 3.83. The molecule has 7 heteroatoms. The third kappa shape index (κ3) is 6.22. The van der Waals surface area contributed by atoms with Gasteiger partial charge in [0.05, 0.1) is 5.56 Å². The Labute approximate surface area is 156 Å². The molecule has 0 bridgehead atoms. The Morgan fingerprint density at radius 3 is 2.73 bits per heavy atom. The topological polar surface area (TPSA) is 91.2 Å². The van der Waals surface area contributed by atoms with E-state index in [0.29, 0.717) is 23.5 Å². The maximum atomic E-state index is 12.0. The van der Waals surface area contributed by atoms with E-state index >= 15 is 0 Å². The van der Waals surface area contributed by atoms with Crippen molar-refractivity contribution < 1.29 is 14.3 Å². The van der Waals surface area contributed by atoms with E-state index in [0.717, 1.165) is 16.9 Å². The lowest BCUT2D eigenvalue weighted by Gasteiger charge is -2.07. The fourth-order valence-corrected chi connectivity index (χ4v) is 3.16. The first-order chi connectivity index (χ1) is 12.6. The maximum Gasteiger partial charge on any atom is 0.407 e. The standard InChI is InChI=1S/C19H21N3O3S/c1-2-16-11-15(12-20)18(26-16)22-17(23)9-6-10-21-19(24)25-13-14-7-4-3-5-8-14/h3-5,7-8,11H,2,6,9-10,13H2,1H3,(H,21,24)(H,22,23). The third-order valence-corrected chi connectivity index (χ3v) is 4.76. The summed E-state index contributed by atoms with van der Waals surface area (Å²) in [6.45, 7) is 2.56. The number of thiophene rings is 1. The monoisotopic (exact) mass is 371 g/mol. The first-order valence-corrected chi connectivity index (χ1v) is 9.21. The van der Waals surface area contributed by atoms with Crippen molar-refractivity contribution in [2.24, 2.45) is 0 Å². The average Bonchev–Trinajstić information content (AvgIpc) is 3.06. The van der Waals surface area contributed by atoms with E-state index in [1.165, 1.54) is 11.3 Å². The van der Waals surface area contributed by atoms with Gasteiger partial charge in [0.1, 0.15) is 17.7 Å². The smallest absolute Gasteiger partial charge is 0.407 e. The maximum absolute atomic E-state index is 12.0. The van der Waals surface area contributed by atoms with Crippen LogP contribution in [0.4, 0.5) is 9.80 Å². The number of ether oxygens (including phenoxy) is 1. The molecule has 6 nitrogen and oxygen atoms in total. The number of hydrogen-bond acceptors (Lipinski definition) is 5. The third-order valence-electron chi connectivity index (χ3n) is 3.57. The Balaban J connectivity index is 1.65. The zero-order valence-electron chi connectivity index (χ0n) is 14.6. The van der Waals surface area contributed by atoms with Crippen LogP contribution in [0.2, 0.25) is 0 Å². The lowest BCUT2D eigenvalue weighted by molar-refractivity contribution is -0.116. The van der Waals surface area contributed by atoms with Gasteiger partial charge in [-0.25, -0.2) is 4.79 Å². The number of nitrogens with one attached hydrogen (secondary N) is 2. The highest BCUT2D eigenvalue weighted by atomic mass is 32.1. The molecule has 0 aliphatic carbocycles. The molecule has 2 amide bonds. The summed E-state index contributed by atoms with van der Waals surface area (Å²) in [6, 6.07) is 13.3. The Morgan fingerprint density at radius 1 is 1.27 bits per heavy atom. The van der Waals surface area contributed by atoms with Gasteiger partial charge in [0.2, 0.25) is 5.91 Å². The number of nitrogens with zero attached hydrogens (tertiary/aromatic N) is 1. The number of hydrogen-bond donors (Lipinski definition) is 2. The molecule has 2 N–H and O–H groups in total. The highest BCUT2D eigenvalue weighted by molar-refractivity contribution is 7.16. The van der Waals surface area contributed by atoms with Gasteiger partial charge >= 0.3 is 6.09 Å². The second-order valence-electron chi connectivity index (χ2n) is 5.56. The van der Waals surface area contributed by atoms with E-state index in [1.807, 2.05) is 37.3 Å². The lowest BCUT2D eigenvalue weighted by Crippen LogP contribution is -2.26. The molecular weight excluding hydrogens is 350 g/mol. The normalized spacial score (nSPS) is 10.0. The fourth-order valence-electron chi connectivity index (χ4n) is 2.19. The van der Waals surface area contributed by atoms with Crippen LogP contribution in [0, 0.1) is 11.3 Å². The highest BCUT2D eigenvalue weighted by Crippen LogP contribution is 2.28. The molecule has 0 spiro atoms. The number of carbonyl (C=O) groups excluding carboxylic acids is 2. The molecule has 26 heavy (non-hydrogen) atoms. The number of nitriles is 1. The minimum atomic E-state index is -0.508. The Morgan fingerprint density at radius 2 is 2.04 bits per heavy atom. The minimum absolute atomic E-state index is 0.176. The number of amides is 2. The number of anilines is 1. The number of alkyl carbamates (subject to hydrolysis) is 1. The molecule has 1 aromatic heterocycles. The molecule has 0 saturated carbocycles. The van der Waals surface area contributed by atoms with E-state index in [1.54, 1.807) is 6.07 Å². The van der Waals surface area contributed by atoms with Crippen LogP contribution < -0.4 is 10.6 Å². The van der Waals surface area contributed by atoms with E-state index in [4.69, 9.17) is 10.00 Å². The molecule has 0 aliphatic heterocycles. The molecule has 2 aromatic rings. The van der Waals surface area contributed by atoms with Crippen molar-refractivity contribution in [3.63, 3.8) is 0 Å². The predicted molar refractivity (Wildman–Crippen MR) is 101 cm³/mol. The van der Waals surface area contributed by atoms with Gasteiger partial charge in [0.15, 0.2) is 0 Å². The van der Waals surface area contributed by atoms with Gasteiger partial charge in [-0.15, -0.1) is 11.3 Å². The SMILES string of the molecule is CCc1cc(C#N)c(NC(=O)CCCNC(=O)OCc2ccccc2)s1. The first-order valence-electron chi connectivity index (χ1n) is 8.39. The van der Waals surface area contributed by atoms with Crippen LogP contribution in [0.15, 0.2) is 36.4 Å². The van der Waals surface area contributed by atoms with Crippen molar-refractivity contribution >= 4 is 28.3 Å². The number of benzene rings is 1. The van der Waals surface area contributed by atoms with Crippen molar-refractivity contribution in [3.8, 4) is 6.07 Å². The molecule has 0 aliphatic rings. The number of rotatable bonds is 8. The zero-order valence-corrected chi connectivity index (χ0v) is 15.4. The fraction of sp³-hybridized carbons (Fsp3) is 0.316. The molecule has 0 unspecified atom stereocenters. The largest absolute Gasteiger partial charge is 0.445 e. The molecule has 136 valence electrons.